The van der Waals surface area contributed by atoms with Crippen LogP contribution in [0.4, 0.5) is 5.69 Å². The number of aromatic nitrogens is 1. The molecule has 0 aliphatic carbocycles. The first kappa shape index (κ1) is 14.8. The first-order valence-electron chi connectivity index (χ1n) is 6.66. The molecule has 0 aromatic carbocycles. The van der Waals surface area contributed by atoms with Crippen molar-refractivity contribution in [2.24, 2.45) is 5.41 Å². The van der Waals surface area contributed by atoms with Gasteiger partial charge in [-0.2, -0.15) is 0 Å². The summed E-state index contributed by atoms with van der Waals surface area (Å²) in [6.45, 7) is 7.70. The Morgan fingerprint density at radius 2 is 1.94 bits per heavy atom. The van der Waals surface area contributed by atoms with Crippen molar-refractivity contribution in [3.8, 4) is 0 Å². The summed E-state index contributed by atoms with van der Waals surface area (Å²) >= 11 is 0. The Bertz CT molecular complexity index is 414. The van der Waals surface area contributed by atoms with Gasteiger partial charge in [-0.05, 0) is 25.8 Å². The van der Waals surface area contributed by atoms with Crippen LogP contribution in [0.25, 0.3) is 0 Å². The highest BCUT2D eigenvalue weighted by Gasteiger charge is 2.24. The normalized spacial score (nSPS) is 11.6. The highest BCUT2D eigenvalue weighted by Crippen LogP contribution is 2.25. The maximum atomic E-state index is 11.5. The molecule has 0 atom stereocenters. The van der Waals surface area contributed by atoms with E-state index in [9.17, 15) is 9.90 Å². The number of aryl methyl sites for hydroxylation is 1. The third kappa shape index (κ3) is 3.35. The van der Waals surface area contributed by atoms with Crippen LogP contribution in [-0.4, -0.2) is 22.8 Å². The molecule has 0 fully saturated rings. The monoisotopic (exact) mass is 252 g/mol. The van der Waals surface area contributed by atoms with E-state index >= 15 is 0 Å². The zero-order chi connectivity index (χ0) is 13.6. The maximum Gasteiger partial charge on any atom is 0.250 e. The smallest absolute Gasteiger partial charge is 0.250 e. The van der Waals surface area contributed by atoms with Gasteiger partial charge in [0.1, 0.15) is 0 Å². The molecule has 2 N–H and O–H groups in total. The number of hydrogen-bond acceptors (Lipinski definition) is 3. The van der Waals surface area contributed by atoms with Crippen LogP contribution in [0.3, 0.4) is 0 Å². The van der Waals surface area contributed by atoms with E-state index in [1.807, 2.05) is 13.1 Å². The minimum absolute atomic E-state index is 0.0162. The molecule has 0 spiro atoms. The standard InChI is InChI=1S/C14H24N2O2/c1-4-14(5-2,11-17)10-15-12-7-8-13(18)16(6-3)9-12/h7-9,15,17H,4-6,10-11H2,1-3H3. The largest absolute Gasteiger partial charge is 0.396 e. The first-order valence-corrected chi connectivity index (χ1v) is 6.66. The lowest BCUT2D eigenvalue weighted by Gasteiger charge is -2.30. The number of anilines is 1. The minimum Gasteiger partial charge on any atom is -0.396 e. The third-order valence-electron chi connectivity index (χ3n) is 3.83. The average molecular weight is 252 g/mol. The van der Waals surface area contributed by atoms with Crippen molar-refractivity contribution >= 4 is 5.69 Å². The zero-order valence-electron chi connectivity index (χ0n) is 11.6. The molecule has 1 aromatic rings. The third-order valence-corrected chi connectivity index (χ3v) is 3.83. The molecule has 1 heterocycles. The van der Waals surface area contributed by atoms with E-state index in [0.717, 1.165) is 25.1 Å². The molecular formula is C14H24N2O2. The van der Waals surface area contributed by atoms with Gasteiger partial charge in [0.05, 0.1) is 12.3 Å². The van der Waals surface area contributed by atoms with Gasteiger partial charge < -0.3 is 15.0 Å². The Kier molecular flexibility index (Phi) is 5.41. The SMILES string of the molecule is CCn1cc(NCC(CC)(CC)CO)ccc1=O. The molecule has 0 amide bonds. The molecule has 0 bridgehead atoms. The Morgan fingerprint density at radius 3 is 2.44 bits per heavy atom. The fourth-order valence-corrected chi connectivity index (χ4v) is 1.95. The maximum absolute atomic E-state index is 11.5. The number of nitrogens with zero attached hydrogens (tertiary/aromatic N) is 1. The molecular weight excluding hydrogens is 228 g/mol. The lowest BCUT2D eigenvalue weighted by Crippen LogP contribution is -2.32. The van der Waals surface area contributed by atoms with E-state index in [4.69, 9.17) is 0 Å². The Balaban J connectivity index is 2.76. The molecule has 1 aromatic heterocycles. The second-order valence-electron chi connectivity index (χ2n) is 4.76. The van der Waals surface area contributed by atoms with Crippen LogP contribution in [0.2, 0.25) is 0 Å². The van der Waals surface area contributed by atoms with Crippen LogP contribution in [0.1, 0.15) is 33.6 Å². The van der Waals surface area contributed by atoms with Crippen LogP contribution >= 0.6 is 0 Å². The fraction of sp³-hybridized carbons (Fsp3) is 0.643. The Morgan fingerprint density at radius 1 is 1.28 bits per heavy atom. The van der Waals surface area contributed by atoms with Gasteiger partial charge in [0.15, 0.2) is 0 Å². The molecule has 1 rings (SSSR count). The van der Waals surface area contributed by atoms with E-state index in [2.05, 4.69) is 19.2 Å². The molecule has 0 aliphatic rings. The van der Waals surface area contributed by atoms with Gasteiger partial charge in [0.25, 0.3) is 5.56 Å². The summed E-state index contributed by atoms with van der Waals surface area (Å²) in [6, 6.07) is 3.37. The van der Waals surface area contributed by atoms with E-state index in [0.29, 0.717) is 6.54 Å². The summed E-state index contributed by atoms with van der Waals surface area (Å²) in [5, 5.41) is 12.8. The van der Waals surface area contributed by atoms with Gasteiger partial charge in [-0.1, -0.05) is 13.8 Å². The second kappa shape index (κ2) is 6.59. The molecule has 18 heavy (non-hydrogen) atoms. The van der Waals surface area contributed by atoms with Crippen molar-refractivity contribution in [1.29, 1.82) is 0 Å². The van der Waals surface area contributed by atoms with Crippen LogP contribution in [-0.2, 0) is 6.54 Å². The number of nitrogens with one attached hydrogen (secondary N) is 1. The highest BCUT2D eigenvalue weighted by molar-refractivity contribution is 5.40. The van der Waals surface area contributed by atoms with Gasteiger partial charge in [-0.3, -0.25) is 4.79 Å². The van der Waals surface area contributed by atoms with E-state index < -0.39 is 0 Å². The predicted molar refractivity (Wildman–Crippen MR) is 75.0 cm³/mol. The molecule has 0 saturated carbocycles. The van der Waals surface area contributed by atoms with Crippen LogP contribution in [0, 0.1) is 5.41 Å². The van der Waals surface area contributed by atoms with E-state index in [-0.39, 0.29) is 17.6 Å². The number of rotatable bonds is 7. The fourth-order valence-electron chi connectivity index (χ4n) is 1.95. The average Bonchev–Trinajstić information content (AvgIpc) is 2.42. The molecule has 4 nitrogen and oxygen atoms in total. The number of aliphatic hydroxyl groups excluding tert-OH is 1. The van der Waals surface area contributed by atoms with Crippen molar-refractivity contribution in [3.05, 3.63) is 28.7 Å². The second-order valence-corrected chi connectivity index (χ2v) is 4.76. The molecule has 0 radical (unpaired) electrons. The predicted octanol–water partition coefficient (Wildman–Crippen LogP) is 2.08. The van der Waals surface area contributed by atoms with Crippen molar-refractivity contribution in [1.82, 2.24) is 4.57 Å². The molecule has 102 valence electrons. The molecule has 0 saturated heterocycles. The lowest BCUT2D eigenvalue weighted by atomic mass is 9.83. The van der Waals surface area contributed by atoms with Gasteiger partial charge in [0, 0.05) is 30.8 Å². The Labute approximate surface area is 109 Å². The highest BCUT2D eigenvalue weighted by atomic mass is 16.3. The molecule has 4 heteroatoms. The minimum atomic E-state index is -0.0762. The van der Waals surface area contributed by atoms with Gasteiger partial charge >= 0.3 is 0 Å². The zero-order valence-corrected chi connectivity index (χ0v) is 11.6. The molecule has 0 aliphatic heterocycles. The van der Waals surface area contributed by atoms with Crippen LogP contribution in [0.15, 0.2) is 23.1 Å². The summed E-state index contributed by atoms with van der Waals surface area (Å²) in [5.74, 6) is 0. The summed E-state index contributed by atoms with van der Waals surface area (Å²) in [6.07, 6.45) is 3.69. The van der Waals surface area contributed by atoms with Crippen LogP contribution < -0.4 is 10.9 Å². The first-order chi connectivity index (χ1) is 8.60. The van der Waals surface area contributed by atoms with Gasteiger partial charge in [-0.15, -0.1) is 0 Å². The van der Waals surface area contributed by atoms with E-state index in [1.165, 1.54) is 0 Å². The van der Waals surface area contributed by atoms with Crippen molar-refractivity contribution in [2.75, 3.05) is 18.5 Å². The van der Waals surface area contributed by atoms with Crippen molar-refractivity contribution in [2.45, 2.75) is 40.2 Å². The van der Waals surface area contributed by atoms with Crippen LogP contribution in [0.5, 0.6) is 0 Å². The summed E-state index contributed by atoms with van der Waals surface area (Å²) in [4.78, 5) is 11.5. The number of aliphatic hydroxyl groups is 1. The number of hydrogen-bond donors (Lipinski definition) is 2. The molecule has 0 unspecified atom stereocenters. The van der Waals surface area contributed by atoms with Gasteiger partial charge in [0.2, 0.25) is 0 Å². The van der Waals surface area contributed by atoms with Gasteiger partial charge in [-0.25, -0.2) is 0 Å². The van der Waals surface area contributed by atoms with E-state index in [1.54, 1.807) is 16.7 Å². The topological polar surface area (TPSA) is 54.3 Å². The quantitative estimate of drug-likeness (QED) is 0.781. The summed E-state index contributed by atoms with van der Waals surface area (Å²) < 4.78 is 1.67. The van der Waals surface area contributed by atoms with Crippen molar-refractivity contribution < 1.29 is 5.11 Å². The Hall–Kier alpha value is -1.29. The summed E-state index contributed by atoms with van der Waals surface area (Å²) in [5.41, 5.74) is 0.867. The lowest BCUT2D eigenvalue weighted by molar-refractivity contribution is 0.127. The number of pyridine rings is 1. The van der Waals surface area contributed by atoms with Crippen molar-refractivity contribution in [3.63, 3.8) is 0 Å². The summed E-state index contributed by atoms with van der Waals surface area (Å²) in [7, 11) is 0.